The molecule has 0 aliphatic rings. The fraction of sp³-hybridized carbons (Fsp3) is 0.364. The monoisotopic (exact) mass is 235 g/mol. The fourth-order valence-corrected chi connectivity index (χ4v) is 1.65. The molecule has 4 nitrogen and oxygen atoms in total. The average molecular weight is 235 g/mol. The number of rotatable bonds is 4. The van der Waals surface area contributed by atoms with Crippen LogP contribution in [-0.2, 0) is 4.79 Å². The Kier molecular flexibility index (Phi) is 4.67. The van der Waals surface area contributed by atoms with Gasteiger partial charge in [-0.3, -0.25) is 4.79 Å². The number of aromatic nitrogens is 1. The van der Waals surface area contributed by atoms with E-state index in [4.69, 9.17) is 5.26 Å². The molecule has 0 saturated carbocycles. The molecule has 0 saturated heterocycles. The van der Waals surface area contributed by atoms with Gasteiger partial charge < -0.3 is 4.90 Å². The highest BCUT2D eigenvalue weighted by Crippen LogP contribution is 2.09. The van der Waals surface area contributed by atoms with E-state index in [2.05, 4.69) is 4.98 Å². The molecule has 0 spiro atoms. The predicted molar refractivity (Wildman–Crippen MR) is 63.8 cm³/mol. The number of hydrogen-bond donors (Lipinski definition) is 0. The second-order valence-electron chi connectivity index (χ2n) is 3.29. The van der Waals surface area contributed by atoms with Crippen molar-refractivity contribution >= 4 is 23.3 Å². The molecular weight excluding hydrogens is 222 g/mol. The number of carbonyl (C=O) groups is 1. The van der Waals surface area contributed by atoms with Crippen LogP contribution < -0.4 is 0 Å². The van der Waals surface area contributed by atoms with Crippen molar-refractivity contribution in [3.63, 3.8) is 0 Å². The number of amides is 1. The van der Waals surface area contributed by atoms with Crippen LogP contribution in [0.4, 0.5) is 0 Å². The van der Waals surface area contributed by atoms with Crippen molar-refractivity contribution in [1.82, 2.24) is 9.88 Å². The molecule has 0 atom stereocenters. The Balaban J connectivity index is 2.51. The van der Waals surface area contributed by atoms with Gasteiger partial charge in [0.05, 0.1) is 23.2 Å². The molecular formula is C11H13N3OS. The van der Waals surface area contributed by atoms with Crippen molar-refractivity contribution in [1.29, 1.82) is 5.26 Å². The van der Waals surface area contributed by atoms with Crippen molar-refractivity contribution in [3.8, 4) is 6.07 Å². The van der Waals surface area contributed by atoms with Gasteiger partial charge >= 0.3 is 0 Å². The summed E-state index contributed by atoms with van der Waals surface area (Å²) in [5.74, 6) is -0.110. The average Bonchev–Trinajstić information content (AvgIpc) is 2.68. The largest absolute Gasteiger partial charge is 0.341 e. The molecule has 1 heterocycles. The third-order valence-electron chi connectivity index (χ3n) is 1.97. The molecule has 0 aliphatic carbocycles. The van der Waals surface area contributed by atoms with Gasteiger partial charge in [-0.05, 0) is 13.0 Å². The maximum absolute atomic E-state index is 11.5. The number of likely N-dealkylation sites (N-methyl/N-ethyl adjacent to an activating group) is 1. The van der Waals surface area contributed by atoms with Gasteiger partial charge in [0.1, 0.15) is 0 Å². The second kappa shape index (κ2) is 6.03. The number of hydrogen-bond acceptors (Lipinski definition) is 4. The third-order valence-corrected chi connectivity index (χ3v) is 2.76. The highest BCUT2D eigenvalue weighted by Gasteiger charge is 2.03. The minimum atomic E-state index is -0.110. The summed E-state index contributed by atoms with van der Waals surface area (Å²) in [7, 11) is 1.68. The molecule has 0 N–H and O–H groups in total. The van der Waals surface area contributed by atoms with Crippen LogP contribution in [0, 0.1) is 18.3 Å². The van der Waals surface area contributed by atoms with Crippen LogP contribution in [0.3, 0.4) is 0 Å². The first-order valence-corrected chi connectivity index (χ1v) is 5.73. The van der Waals surface area contributed by atoms with E-state index in [1.54, 1.807) is 24.5 Å². The molecule has 84 valence electrons. The van der Waals surface area contributed by atoms with Crippen molar-refractivity contribution in [2.45, 2.75) is 13.3 Å². The molecule has 0 radical (unpaired) electrons. The smallest absolute Gasteiger partial charge is 0.246 e. The minimum absolute atomic E-state index is 0.110. The fourth-order valence-electron chi connectivity index (χ4n) is 1.07. The molecule has 1 amide bonds. The molecule has 5 heteroatoms. The van der Waals surface area contributed by atoms with E-state index < -0.39 is 0 Å². The first kappa shape index (κ1) is 12.4. The molecule has 1 rings (SSSR count). The summed E-state index contributed by atoms with van der Waals surface area (Å²) >= 11 is 1.55. The first-order valence-electron chi connectivity index (χ1n) is 4.85. The lowest BCUT2D eigenvalue weighted by atomic mass is 10.3. The summed E-state index contributed by atoms with van der Waals surface area (Å²) < 4.78 is 0. The maximum Gasteiger partial charge on any atom is 0.246 e. The summed E-state index contributed by atoms with van der Waals surface area (Å²) in [4.78, 5) is 17.3. The first-order chi connectivity index (χ1) is 7.63. The van der Waals surface area contributed by atoms with Gasteiger partial charge in [0.2, 0.25) is 5.91 Å². The SMILES string of the molecule is Cc1nc(C=CC(=O)N(C)CCC#N)cs1. The Hall–Kier alpha value is -1.67. The highest BCUT2D eigenvalue weighted by molar-refractivity contribution is 7.09. The highest BCUT2D eigenvalue weighted by atomic mass is 32.1. The molecule has 1 aromatic rings. The van der Waals surface area contributed by atoms with E-state index >= 15 is 0 Å². The number of nitriles is 1. The zero-order valence-corrected chi connectivity index (χ0v) is 10.1. The summed E-state index contributed by atoms with van der Waals surface area (Å²) in [6.45, 7) is 2.37. The molecule has 16 heavy (non-hydrogen) atoms. The molecule has 0 bridgehead atoms. The predicted octanol–water partition coefficient (Wildman–Crippen LogP) is 1.84. The van der Waals surface area contributed by atoms with E-state index in [1.165, 1.54) is 11.0 Å². The van der Waals surface area contributed by atoms with Crippen LogP contribution in [-0.4, -0.2) is 29.4 Å². The molecule has 0 aromatic carbocycles. The van der Waals surface area contributed by atoms with Crippen LogP contribution in [0.15, 0.2) is 11.5 Å². The molecule has 0 aliphatic heterocycles. The maximum atomic E-state index is 11.5. The van der Waals surface area contributed by atoms with E-state index in [0.717, 1.165) is 10.7 Å². The summed E-state index contributed by atoms with van der Waals surface area (Å²) in [6, 6.07) is 2.00. The lowest BCUT2D eigenvalue weighted by molar-refractivity contribution is -0.124. The second-order valence-corrected chi connectivity index (χ2v) is 4.35. The van der Waals surface area contributed by atoms with E-state index in [1.807, 2.05) is 18.4 Å². The van der Waals surface area contributed by atoms with Crippen LogP contribution >= 0.6 is 11.3 Å². The van der Waals surface area contributed by atoms with E-state index in [-0.39, 0.29) is 5.91 Å². The standard InChI is InChI=1S/C11H13N3OS/c1-9-13-10(8-16-9)4-5-11(15)14(2)7-3-6-12/h4-5,8H,3,7H2,1-2H3. The van der Waals surface area contributed by atoms with Crippen molar-refractivity contribution in [2.24, 2.45) is 0 Å². The normalized spacial score (nSPS) is 10.3. The number of nitrogens with zero attached hydrogens (tertiary/aromatic N) is 3. The Morgan fingerprint density at radius 1 is 1.75 bits per heavy atom. The lowest BCUT2D eigenvalue weighted by Gasteiger charge is -2.11. The zero-order chi connectivity index (χ0) is 12.0. The van der Waals surface area contributed by atoms with Crippen LogP contribution in [0.1, 0.15) is 17.1 Å². The minimum Gasteiger partial charge on any atom is -0.341 e. The van der Waals surface area contributed by atoms with E-state index in [0.29, 0.717) is 13.0 Å². The van der Waals surface area contributed by atoms with Gasteiger partial charge in [0, 0.05) is 25.0 Å². The van der Waals surface area contributed by atoms with Crippen LogP contribution in [0.2, 0.25) is 0 Å². The third kappa shape index (κ3) is 3.83. The van der Waals surface area contributed by atoms with Gasteiger partial charge in [0.25, 0.3) is 0 Å². The van der Waals surface area contributed by atoms with Gasteiger partial charge in [-0.25, -0.2) is 4.98 Å². The number of thiazole rings is 1. The van der Waals surface area contributed by atoms with E-state index in [9.17, 15) is 4.79 Å². The molecule has 1 aromatic heterocycles. The van der Waals surface area contributed by atoms with Crippen molar-refractivity contribution < 1.29 is 4.79 Å². The van der Waals surface area contributed by atoms with Crippen LogP contribution in [0.5, 0.6) is 0 Å². The number of aryl methyl sites for hydroxylation is 1. The Labute approximate surface area is 98.8 Å². The summed E-state index contributed by atoms with van der Waals surface area (Å²) in [5, 5.41) is 11.3. The van der Waals surface area contributed by atoms with Crippen molar-refractivity contribution in [3.05, 3.63) is 22.2 Å². The molecule has 0 unspecified atom stereocenters. The van der Waals surface area contributed by atoms with Gasteiger partial charge in [-0.1, -0.05) is 0 Å². The van der Waals surface area contributed by atoms with Crippen molar-refractivity contribution in [2.75, 3.05) is 13.6 Å². The Morgan fingerprint density at radius 3 is 3.06 bits per heavy atom. The molecule has 0 fully saturated rings. The Bertz CT molecular complexity index is 431. The quantitative estimate of drug-likeness (QED) is 0.748. The van der Waals surface area contributed by atoms with Gasteiger partial charge in [-0.15, -0.1) is 11.3 Å². The van der Waals surface area contributed by atoms with Gasteiger partial charge in [-0.2, -0.15) is 5.26 Å². The van der Waals surface area contributed by atoms with Gasteiger partial charge in [0.15, 0.2) is 0 Å². The zero-order valence-electron chi connectivity index (χ0n) is 9.30. The lowest BCUT2D eigenvalue weighted by Crippen LogP contribution is -2.25. The Morgan fingerprint density at radius 2 is 2.50 bits per heavy atom. The summed E-state index contributed by atoms with van der Waals surface area (Å²) in [5.41, 5.74) is 0.796. The topological polar surface area (TPSA) is 57.0 Å². The summed E-state index contributed by atoms with van der Waals surface area (Å²) in [6.07, 6.45) is 3.52. The number of carbonyl (C=O) groups excluding carboxylic acids is 1. The van der Waals surface area contributed by atoms with Crippen LogP contribution in [0.25, 0.3) is 6.08 Å².